The van der Waals surface area contributed by atoms with Gasteiger partial charge in [-0.05, 0) is 39.3 Å². The van der Waals surface area contributed by atoms with Crippen LogP contribution in [0.2, 0.25) is 0 Å². The average molecular weight is 249 g/mol. The lowest BCUT2D eigenvalue weighted by Gasteiger charge is -2.52. The molecule has 1 atom stereocenters. The fourth-order valence-corrected chi connectivity index (χ4v) is 3.10. The molecule has 0 radical (unpaired) electrons. The summed E-state index contributed by atoms with van der Waals surface area (Å²) in [5.74, 6) is 0. The van der Waals surface area contributed by atoms with Gasteiger partial charge in [0.05, 0.1) is 0 Å². The predicted molar refractivity (Wildman–Crippen MR) is 66.2 cm³/mol. The van der Waals surface area contributed by atoms with Crippen LogP contribution in [0.5, 0.6) is 0 Å². The Bertz CT molecular complexity index is 432. The molecule has 0 bridgehead atoms. The molecule has 2 saturated heterocycles. The molecular weight excluding hydrogens is 230 g/mol. The van der Waals surface area contributed by atoms with Crippen LogP contribution in [0.15, 0.2) is 12.7 Å². The second-order valence-electron chi connectivity index (χ2n) is 5.41. The SMILES string of the molecule is CN1CCCC2(CC1)CCN2C(=O)n1cncn1. The van der Waals surface area contributed by atoms with Crippen molar-refractivity contribution in [3.8, 4) is 0 Å². The van der Waals surface area contributed by atoms with E-state index in [0.717, 1.165) is 45.3 Å². The number of amides is 1. The zero-order valence-electron chi connectivity index (χ0n) is 10.7. The van der Waals surface area contributed by atoms with E-state index in [2.05, 4.69) is 22.0 Å². The van der Waals surface area contributed by atoms with Gasteiger partial charge in [-0.1, -0.05) is 0 Å². The molecule has 0 aliphatic carbocycles. The van der Waals surface area contributed by atoms with Gasteiger partial charge in [0, 0.05) is 18.6 Å². The van der Waals surface area contributed by atoms with Crippen molar-refractivity contribution in [3.05, 3.63) is 12.7 Å². The Morgan fingerprint density at radius 1 is 1.22 bits per heavy atom. The minimum Gasteiger partial charge on any atom is -0.317 e. The van der Waals surface area contributed by atoms with E-state index in [1.165, 1.54) is 17.3 Å². The summed E-state index contributed by atoms with van der Waals surface area (Å²) in [6.45, 7) is 3.05. The Kier molecular flexibility index (Phi) is 2.81. The van der Waals surface area contributed by atoms with Crippen LogP contribution >= 0.6 is 0 Å². The third-order valence-electron chi connectivity index (χ3n) is 4.36. The molecular formula is C12H19N5O. The third kappa shape index (κ3) is 1.80. The smallest absolute Gasteiger partial charge is 0.317 e. The van der Waals surface area contributed by atoms with Gasteiger partial charge in [-0.3, -0.25) is 0 Å². The summed E-state index contributed by atoms with van der Waals surface area (Å²) in [4.78, 5) is 20.5. The maximum atomic E-state index is 12.3. The van der Waals surface area contributed by atoms with Gasteiger partial charge in [0.15, 0.2) is 0 Å². The van der Waals surface area contributed by atoms with Crippen LogP contribution in [0.25, 0.3) is 0 Å². The van der Waals surface area contributed by atoms with Crippen molar-refractivity contribution in [1.29, 1.82) is 0 Å². The summed E-state index contributed by atoms with van der Waals surface area (Å²) in [5.41, 5.74) is 0.0772. The summed E-state index contributed by atoms with van der Waals surface area (Å²) in [6, 6.07) is -0.0247. The first kappa shape index (κ1) is 11.6. The van der Waals surface area contributed by atoms with E-state index in [0.29, 0.717) is 0 Å². The van der Waals surface area contributed by atoms with E-state index in [1.807, 2.05) is 4.90 Å². The minimum atomic E-state index is -0.0247. The van der Waals surface area contributed by atoms with Crippen LogP contribution in [-0.2, 0) is 0 Å². The zero-order valence-corrected chi connectivity index (χ0v) is 10.7. The first-order valence-corrected chi connectivity index (χ1v) is 6.56. The Balaban J connectivity index is 1.76. The fourth-order valence-electron chi connectivity index (χ4n) is 3.10. The zero-order chi connectivity index (χ0) is 12.6. The molecule has 6 heteroatoms. The molecule has 1 unspecified atom stereocenters. The quantitative estimate of drug-likeness (QED) is 0.682. The molecule has 0 aromatic carbocycles. The normalized spacial score (nSPS) is 29.1. The van der Waals surface area contributed by atoms with E-state index >= 15 is 0 Å². The largest absolute Gasteiger partial charge is 0.346 e. The molecule has 1 aromatic heterocycles. The van der Waals surface area contributed by atoms with Crippen LogP contribution in [0, 0.1) is 0 Å². The maximum Gasteiger partial charge on any atom is 0.346 e. The summed E-state index contributed by atoms with van der Waals surface area (Å²) in [5, 5.41) is 3.94. The maximum absolute atomic E-state index is 12.3. The average Bonchev–Trinajstić information content (AvgIpc) is 2.78. The highest BCUT2D eigenvalue weighted by molar-refractivity contribution is 5.77. The second kappa shape index (κ2) is 4.35. The highest BCUT2D eigenvalue weighted by Gasteiger charge is 2.48. The molecule has 2 fully saturated rings. The monoisotopic (exact) mass is 249 g/mol. The van der Waals surface area contributed by atoms with Gasteiger partial charge in [0.2, 0.25) is 0 Å². The molecule has 3 rings (SSSR count). The molecule has 0 saturated carbocycles. The number of nitrogens with zero attached hydrogens (tertiary/aromatic N) is 5. The lowest BCUT2D eigenvalue weighted by molar-refractivity contribution is 0.0116. The van der Waals surface area contributed by atoms with Gasteiger partial charge < -0.3 is 9.80 Å². The van der Waals surface area contributed by atoms with Gasteiger partial charge in [-0.15, -0.1) is 0 Å². The first-order valence-electron chi connectivity index (χ1n) is 6.56. The first-order chi connectivity index (χ1) is 8.71. The predicted octanol–water partition coefficient (Wildman–Crippen LogP) is 0.806. The van der Waals surface area contributed by atoms with Gasteiger partial charge in [-0.25, -0.2) is 9.78 Å². The van der Waals surface area contributed by atoms with Gasteiger partial charge in [-0.2, -0.15) is 9.78 Å². The number of hydrogen-bond acceptors (Lipinski definition) is 4. The minimum absolute atomic E-state index is 0.0247. The van der Waals surface area contributed by atoms with Crippen molar-refractivity contribution < 1.29 is 4.79 Å². The number of carbonyl (C=O) groups is 1. The molecule has 18 heavy (non-hydrogen) atoms. The Morgan fingerprint density at radius 2 is 2.06 bits per heavy atom. The number of likely N-dealkylation sites (tertiary alicyclic amines) is 2. The molecule has 1 amide bonds. The van der Waals surface area contributed by atoms with Crippen LogP contribution in [0.4, 0.5) is 4.79 Å². The molecule has 1 spiro atoms. The lowest BCUT2D eigenvalue weighted by Crippen LogP contribution is -2.63. The number of aromatic nitrogens is 3. The van der Waals surface area contributed by atoms with Crippen molar-refractivity contribution >= 4 is 6.03 Å². The van der Waals surface area contributed by atoms with Crippen molar-refractivity contribution in [3.63, 3.8) is 0 Å². The molecule has 6 nitrogen and oxygen atoms in total. The Labute approximate surface area is 107 Å². The Hall–Kier alpha value is -1.43. The molecule has 2 aliphatic rings. The van der Waals surface area contributed by atoms with Crippen molar-refractivity contribution in [2.75, 3.05) is 26.7 Å². The van der Waals surface area contributed by atoms with E-state index in [9.17, 15) is 4.79 Å². The number of rotatable bonds is 0. The molecule has 2 aliphatic heterocycles. The lowest BCUT2D eigenvalue weighted by atomic mass is 9.78. The molecule has 3 heterocycles. The van der Waals surface area contributed by atoms with E-state index in [-0.39, 0.29) is 11.6 Å². The summed E-state index contributed by atoms with van der Waals surface area (Å²) in [7, 11) is 2.15. The van der Waals surface area contributed by atoms with Crippen LogP contribution in [-0.4, -0.2) is 62.8 Å². The number of hydrogen-bond donors (Lipinski definition) is 0. The number of carbonyl (C=O) groups excluding carboxylic acids is 1. The van der Waals surface area contributed by atoms with Crippen molar-refractivity contribution in [2.45, 2.75) is 31.2 Å². The van der Waals surface area contributed by atoms with E-state index in [1.54, 1.807) is 0 Å². The van der Waals surface area contributed by atoms with Crippen molar-refractivity contribution in [2.24, 2.45) is 0 Å². The van der Waals surface area contributed by atoms with Crippen LogP contribution in [0.1, 0.15) is 25.7 Å². The van der Waals surface area contributed by atoms with E-state index in [4.69, 9.17) is 0 Å². The summed E-state index contributed by atoms with van der Waals surface area (Å²) >= 11 is 0. The second-order valence-corrected chi connectivity index (χ2v) is 5.41. The Morgan fingerprint density at radius 3 is 2.72 bits per heavy atom. The highest BCUT2D eigenvalue weighted by Crippen LogP contribution is 2.40. The molecule has 1 aromatic rings. The van der Waals surface area contributed by atoms with Crippen molar-refractivity contribution in [1.82, 2.24) is 24.6 Å². The van der Waals surface area contributed by atoms with Gasteiger partial charge in [0.1, 0.15) is 12.7 Å². The van der Waals surface area contributed by atoms with Crippen LogP contribution < -0.4 is 0 Å². The van der Waals surface area contributed by atoms with Gasteiger partial charge >= 0.3 is 6.03 Å². The molecule has 0 N–H and O–H groups in total. The topological polar surface area (TPSA) is 54.3 Å². The standard InChI is InChI=1S/C12H19N5O/c1-15-6-2-3-12(4-7-15)5-8-16(12)11(18)17-10-13-9-14-17/h9-10H,2-8H2,1H3. The fraction of sp³-hybridized carbons (Fsp3) is 0.750. The molecule has 98 valence electrons. The van der Waals surface area contributed by atoms with E-state index < -0.39 is 0 Å². The highest BCUT2D eigenvalue weighted by atomic mass is 16.2. The summed E-state index contributed by atoms with van der Waals surface area (Å²) < 4.78 is 1.34. The summed E-state index contributed by atoms with van der Waals surface area (Å²) in [6.07, 6.45) is 7.36. The van der Waals surface area contributed by atoms with Gasteiger partial charge in [0.25, 0.3) is 0 Å². The third-order valence-corrected chi connectivity index (χ3v) is 4.36. The van der Waals surface area contributed by atoms with Crippen LogP contribution in [0.3, 0.4) is 0 Å².